The maximum atomic E-state index is 9.27. The lowest BCUT2D eigenvalue weighted by Gasteiger charge is -2.24. The van der Waals surface area contributed by atoms with Crippen LogP contribution in [0.2, 0.25) is 0 Å². The van der Waals surface area contributed by atoms with Gasteiger partial charge in [-0.1, -0.05) is 44.2 Å². The van der Waals surface area contributed by atoms with Gasteiger partial charge in [-0.2, -0.15) is 0 Å². The van der Waals surface area contributed by atoms with Crippen LogP contribution in [0.15, 0.2) is 30.3 Å². The van der Waals surface area contributed by atoms with Gasteiger partial charge in [0.15, 0.2) is 0 Å². The summed E-state index contributed by atoms with van der Waals surface area (Å²) in [5.41, 5.74) is 1.38. The Morgan fingerprint density at radius 3 is 2.29 bits per heavy atom. The van der Waals surface area contributed by atoms with Crippen LogP contribution in [0, 0.1) is 5.92 Å². The van der Waals surface area contributed by atoms with Crippen LogP contribution in [0.4, 0.5) is 0 Å². The van der Waals surface area contributed by atoms with Crippen molar-refractivity contribution in [3.8, 4) is 0 Å². The number of hydrogen-bond donors (Lipinski definition) is 2. The standard InChI is InChI=1S/C15H25NO/c1-12(2)15(11-17)16-13(3)9-10-14-7-5-4-6-8-14/h4-8,12-13,15-17H,9-11H2,1-3H3. The number of rotatable bonds is 7. The lowest BCUT2D eigenvalue weighted by Crippen LogP contribution is -2.42. The monoisotopic (exact) mass is 235 g/mol. The molecule has 1 aromatic rings. The maximum Gasteiger partial charge on any atom is 0.0587 e. The largest absolute Gasteiger partial charge is 0.395 e. The Hall–Kier alpha value is -0.860. The number of hydrogen-bond acceptors (Lipinski definition) is 2. The Labute approximate surface area is 105 Å². The third-order valence-corrected chi connectivity index (χ3v) is 3.21. The maximum absolute atomic E-state index is 9.27. The van der Waals surface area contributed by atoms with Crippen LogP contribution in [0.25, 0.3) is 0 Å². The first-order valence-electron chi connectivity index (χ1n) is 6.54. The molecular formula is C15H25NO. The van der Waals surface area contributed by atoms with Crippen molar-refractivity contribution in [1.29, 1.82) is 0 Å². The lowest BCUT2D eigenvalue weighted by molar-refractivity contribution is 0.199. The number of aryl methyl sites for hydroxylation is 1. The SMILES string of the molecule is CC(CCc1ccccc1)NC(CO)C(C)C. The average molecular weight is 235 g/mol. The zero-order valence-corrected chi connectivity index (χ0v) is 11.2. The molecule has 17 heavy (non-hydrogen) atoms. The molecule has 2 heteroatoms. The lowest BCUT2D eigenvalue weighted by atomic mass is 10.0. The summed E-state index contributed by atoms with van der Waals surface area (Å²) in [4.78, 5) is 0. The summed E-state index contributed by atoms with van der Waals surface area (Å²) in [5.74, 6) is 0.471. The molecule has 0 radical (unpaired) electrons. The van der Waals surface area contributed by atoms with Crippen LogP contribution in [0.1, 0.15) is 32.8 Å². The van der Waals surface area contributed by atoms with Crippen molar-refractivity contribution in [2.24, 2.45) is 5.92 Å². The van der Waals surface area contributed by atoms with Crippen LogP contribution in [0.3, 0.4) is 0 Å². The van der Waals surface area contributed by atoms with Crippen molar-refractivity contribution in [3.63, 3.8) is 0 Å². The van der Waals surface area contributed by atoms with Gasteiger partial charge < -0.3 is 10.4 Å². The number of aliphatic hydroxyl groups excluding tert-OH is 1. The second kappa shape index (κ2) is 7.46. The van der Waals surface area contributed by atoms with Gasteiger partial charge in [0.05, 0.1) is 6.61 Å². The van der Waals surface area contributed by atoms with Gasteiger partial charge in [0, 0.05) is 12.1 Å². The minimum absolute atomic E-state index is 0.209. The zero-order chi connectivity index (χ0) is 12.7. The molecule has 0 aliphatic carbocycles. The van der Waals surface area contributed by atoms with Gasteiger partial charge in [-0.25, -0.2) is 0 Å². The fraction of sp³-hybridized carbons (Fsp3) is 0.600. The van der Waals surface area contributed by atoms with Gasteiger partial charge in [-0.15, -0.1) is 0 Å². The van der Waals surface area contributed by atoms with Crippen molar-refractivity contribution in [3.05, 3.63) is 35.9 Å². The second-order valence-electron chi connectivity index (χ2n) is 5.13. The first-order chi connectivity index (χ1) is 8.13. The summed E-state index contributed by atoms with van der Waals surface area (Å²) < 4.78 is 0. The summed E-state index contributed by atoms with van der Waals surface area (Å²) in [5, 5.41) is 12.8. The summed E-state index contributed by atoms with van der Waals surface area (Å²) in [6.07, 6.45) is 2.19. The van der Waals surface area contributed by atoms with Crippen molar-refractivity contribution in [2.45, 2.75) is 45.7 Å². The van der Waals surface area contributed by atoms with Gasteiger partial charge >= 0.3 is 0 Å². The molecular weight excluding hydrogens is 210 g/mol. The molecule has 2 unspecified atom stereocenters. The highest BCUT2D eigenvalue weighted by Gasteiger charge is 2.14. The molecule has 0 saturated heterocycles. The predicted octanol–water partition coefficient (Wildman–Crippen LogP) is 2.61. The van der Waals surface area contributed by atoms with Crippen molar-refractivity contribution >= 4 is 0 Å². The van der Waals surface area contributed by atoms with E-state index in [1.165, 1.54) is 5.56 Å². The number of benzene rings is 1. The summed E-state index contributed by atoms with van der Waals surface area (Å²) in [6.45, 7) is 6.68. The highest BCUT2D eigenvalue weighted by Crippen LogP contribution is 2.07. The Morgan fingerprint density at radius 2 is 1.76 bits per heavy atom. The molecule has 0 aromatic heterocycles. The molecule has 2 nitrogen and oxygen atoms in total. The highest BCUT2D eigenvalue weighted by atomic mass is 16.3. The predicted molar refractivity (Wildman–Crippen MR) is 73.1 cm³/mol. The topological polar surface area (TPSA) is 32.3 Å². The van der Waals surface area contributed by atoms with Crippen LogP contribution in [0.5, 0.6) is 0 Å². The third-order valence-electron chi connectivity index (χ3n) is 3.21. The Kier molecular flexibility index (Phi) is 6.23. The van der Waals surface area contributed by atoms with Gasteiger partial charge in [0.1, 0.15) is 0 Å². The van der Waals surface area contributed by atoms with Gasteiger partial charge in [-0.05, 0) is 31.2 Å². The summed E-state index contributed by atoms with van der Waals surface area (Å²) in [6, 6.07) is 11.2. The molecule has 96 valence electrons. The van der Waals surface area contributed by atoms with E-state index in [1.807, 2.05) is 6.07 Å². The molecule has 2 atom stereocenters. The van der Waals surface area contributed by atoms with Crippen LogP contribution < -0.4 is 5.32 Å². The molecule has 0 saturated carbocycles. The van der Waals surface area contributed by atoms with Crippen molar-refractivity contribution in [2.75, 3.05) is 6.61 Å². The van der Waals surface area contributed by atoms with E-state index in [4.69, 9.17) is 0 Å². The fourth-order valence-corrected chi connectivity index (χ4v) is 1.93. The summed E-state index contributed by atoms with van der Waals surface area (Å²) >= 11 is 0. The molecule has 0 amide bonds. The Balaban J connectivity index is 2.32. The van der Waals surface area contributed by atoms with Gasteiger partial charge in [0.2, 0.25) is 0 Å². The van der Waals surface area contributed by atoms with Crippen molar-refractivity contribution < 1.29 is 5.11 Å². The molecule has 0 aliphatic heterocycles. The van der Waals surface area contributed by atoms with Gasteiger partial charge in [-0.3, -0.25) is 0 Å². The second-order valence-corrected chi connectivity index (χ2v) is 5.13. The van der Waals surface area contributed by atoms with E-state index in [0.717, 1.165) is 12.8 Å². The molecule has 0 aliphatic rings. The molecule has 2 N–H and O–H groups in total. The minimum atomic E-state index is 0.209. The number of nitrogens with one attached hydrogen (secondary N) is 1. The molecule has 0 spiro atoms. The van der Waals surface area contributed by atoms with Crippen LogP contribution in [-0.2, 0) is 6.42 Å². The molecule has 0 heterocycles. The van der Waals surface area contributed by atoms with E-state index in [9.17, 15) is 5.11 Å². The Bertz CT molecular complexity index is 297. The van der Waals surface area contributed by atoms with E-state index < -0.39 is 0 Å². The quantitative estimate of drug-likeness (QED) is 0.761. The zero-order valence-electron chi connectivity index (χ0n) is 11.2. The van der Waals surface area contributed by atoms with E-state index in [1.54, 1.807) is 0 Å². The van der Waals surface area contributed by atoms with Crippen LogP contribution in [-0.4, -0.2) is 23.8 Å². The highest BCUT2D eigenvalue weighted by molar-refractivity contribution is 5.14. The number of aliphatic hydroxyl groups is 1. The fourth-order valence-electron chi connectivity index (χ4n) is 1.93. The minimum Gasteiger partial charge on any atom is -0.395 e. The molecule has 0 bridgehead atoms. The van der Waals surface area contributed by atoms with E-state index >= 15 is 0 Å². The molecule has 0 fully saturated rings. The Morgan fingerprint density at radius 1 is 1.12 bits per heavy atom. The first kappa shape index (κ1) is 14.2. The third kappa shape index (κ3) is 5.33. The van der Waals surface area contributed by atoms with E-state index in [2.05, 4.69) is 50.4 Å². The van der Waals surface area contributed by atoms with E-state index in [0.29, 0.717) is 12.0 Å². The molecule has 1 rings (SSSR count). The smallest absolute Gasteiger partial charge is 0.0587 e. The molecule has 1 aromatic carbocycles. The van der Waals surface area contributed by atoms with Gasteiger partial charge in [0.25, 0.3) is 0 Å². The summed E-state index contributed by atoms with van der Waals surface area (Å²) in [7, 11) is 0. The normalized spacial score (nSPS) is 14.9. The van der Waals surface area contributed by atoms with Crippen LogP contribution >= 0.6 is 0 Å². The van der Waals surface area contributed by atoms with E-state index in [-0.39, 0.29) is 12.6 Å². The average Bonchev–Trinajstić information content (AvgIpc) is 2.34. The first-order valence-corrected chi connectivity index (χ1v) is 6.54. The van der Waals surface area contributed by atoms with Crippen molar-refractivity contribution in [1.82, 2.24) is 5.32 Å².